The molecular weight excluding hydrogens is 446 g/mol. The van der Waals surface area contributed by atoms with E-state index in [2.05, 4.69) is 21.4 Å². The topological polar surface area (TPSA) is 114 Å². The molecule has 2 unspecified atom stereocenters. The number of nitrogens with zero attached hydrogens (tertiary/aromatic N) is 1. The van der Waals surface area contributed by atoms with Crippen LogP contribution in [0, 0.1) is 12.5 Å². The standard InChI is InChI=1S/C23H31N3O6S/c1-7-26(21(29)17(13-14-33-6)25-22(30)32-23(2,3)4)19(16-11-9-8-10-12-16)20(28)24-15-18(27)31-5/h1,8-12,17,19H,13-15H2,2-6H3,(H,24,28)(H,25,30). The Balaban J connectivity index is 3.25. The van der Waals surface area contributed by atoms with E-state index in [0.717, 1.165) is 4.90 Å². The van der Waals surface area contributed by atoms with Crippen molar-refractivity contribution in [1.29, 1.82) is 0 Å². The third-order valence-corrected chi connectivity index (χ3v) is 4.88. The van der Waals surface area contributed by atoms with E-state index in [1.165, 1.54) is 18.9 Å². The molecule has 9 nitrogen and oxygen atoms in total. The first-order valence-electron chi connectivity index (χ1n) is 10.2. The maximum atomic E-state index is 13.4. The van der Waals surface area contributed by atoms with Gasteiger partial charge in [0, 0.05) is 6.04 Å². The van der Waals surface area contributed by atoms with Gasteiger partial charge in [-0.15, -0.1) is 0 Å². The van der Waals surface area contributed by atoms with Crippen LogP contribution >= 0.6 is 11.8 Å². The van der Waals surface area contributed by atoms with Gasteiger partial charge in [0.25, 0.3) is 5.91 Å². The van der Waals surface area contributed by atoms with Gasteiger partial charge in [0.05, 0.1) is 7.11 Å². The molecule has 0 heterocycles. The van der Waals surface area contributed by atoms with E-state index >= 15 is 0 Å². The van der Waals surface area contributed by atoms with Crippen LogP contribution in [0.4, 0.5) is 4.79 Å². The Morgan fingerprint density at radius 1 is 1.18 bits per heavy atom. The summed E-state index contributed by atoms with van der Waals surface area (Å²) in [4.78, 5) is 51.2. The second-order valence-electron chi connectivity index (χ2n) is 7.92. The number of terminal acetylenes is 1. The number of hydrogen-bond acceptors (Lipinski definition) is 7. The summed E-state index contributed by atoms with van der Waals surface area (Å²) in [6.07, 6.45) is 7.02. The number of methoxy groups -OCH3 is 1. The van der Waals surface area contributed by atoms with E-state index in [-0.39, 0.29) is 6.42 Å². The van der Waals surface area contributed by atoms with E-state index in [0.29, 0.717) is 11.3 Å². The molecule has 0 aliphatic heterocycles. The first-order chi connectivity index (χ1) is 15.5. The molecule has 0 aromatic heterocycles. The largest absolute Gasteiger partial charge is 0.468 e. The predicted molar refractivity (Wildman–Crippen MR) is 126 cm³/mol. The summed E-state index contributed by atoms with van der Waals surface area (Å²) in [6.45, 7) is 4.72. The quantitative estimate of drug-likeness (QED) is 0.301. The molecule has 0 bridgehead atoms. The van der Waals surface area contributed by atoms with Crippen molar-refractivity contribution in [2.75, 3.05) is 25.7 Å². The number of benzene rings is 1. The van der Waals surface area contributed by atoms with Crippen LogP contribution in [-0.2, 0) is 23.9 Å². The number of ether oxygens (including phenoxy) is 2. The normalized spacial score (nSPS) is 12.5. The van der Waals surface area contributed by atoms with Crippen LogP contribution < -0.4 is 10.6 Å². The summed E-state index contributed by atoms with van der Waals surface area (Å²) >= 11 is 1.49. The lowest BCUT2D eigenvalue weighted by atomic mass is 10.0. The van der Waals surface area contributed by atoms with Crippen molar-refractivity contribution in [3.8, 4) is 12.5 Å². The minimum Gasteiger partial charge on any atom is -0.468 e. The molecule has 3 amide bonds. The van der Waals surface area contributed by atoms with Gasteiger partial charge in [-0.25, -0.2) is 4.79 Å². The molecule has 0 aliphatic rings. The lowest BCUT2D eigenvalue weighted by Crippen LogP contribution is -2.52. The first kappa shape index (κ1) is 27.8. The van der Waals surface area contributed by atoms with Gasteiger partial charge in [-0.05, 0) is 44.8 Å². The smallest absolute Gasteiger partial charge is 0.408 e. The molecule has 33 heavy (non-hydrogen) atoms. The number of rotatable bonds is 10. The fourth-order valence-corrected chi connectivity index (χ4v) is 3.23. The van der Waals surface area contributed by atoms with Crippen molar-refractivity contribution in [2.45, 2.75) is 44.9 Å². The number of alkyl carbamates (subject to hydrolysis) is 1. The van der Waals surface area contributed by atoms with Gasteiger partial charge in [0.2, 0.25) is 5.91 Å². The second-order valence-corrected chi connectivity index (χ2v) is 8.91. The Labute approximate surface area is 198 Å². The van der Waals surface area contributed by atoms with Crippen LogP contribution in [0.15, 0.2) is 30.3 Å². The van der Waals surface area contributed by atoms with Crippen molar-refractivity contribution in [2.24, 2.45) is 0 Å². The molecule has 0 fully saturated rings. The number of esters is 1. The number of thioether (sulfide) groups is 1. The van der Waals surface area contributed by atoms with Crippen molar-refractivity contribution >= 4 is 35.6 Å². The minimum atomic E-state index is -1.23. The SMILES string of the molecule is C#CN(C(=O)C(CCSC)NC(=O)OC(C)(C)C)C(C(=O)NCC(=O)OC)c1ccccc1. The molecular formula is C23H31N3O6S. The zero-order chi connectivity index (χ0) is 25.0. The zero-order valence-electron chi connectivity index (χ0n) is 19.5. The lowest BCUT2D eigenvalue weighted by Gasteiger charge is -2.30. The van der Waals surface area contributed by atoms with Crippen LogP contribution in [0.3, 0.4) is 0 Å². The Kier molecular flexibility index (Phi) is 11.3. The molecule has 0 radical (unpaired) electrons. The molecule has 0 aliphatic carbocycles. The summed E-state index contributed by atoms with van der Waals surface area (Å²) < 4.78 is 9.82. The Morgan fingerprint density at radius 3 is 2.33 bits per heavy atom. The Hall–Kier alpha value is -3.19. The van der Waals surface area contributed by atoms with E-state index < -0.39 is 48.1 Å². The average molecular weight is 478 g/mol. The van der Waals surface area contributed by atoms with Gasteiger partial charge in [-0.3, -0.25) is 19.3 Å². The summed E-state index contributed by atoms with van der Waals surface area (Å²) in [5.74, 6) is -1.42. The number of carbonyl (C=O) groups excluding carboxylic acids is 4. The number of hydrogen-bond donors (Lipinski definition) is 2. The fourth-order valence-electron chi connectivity index (χ4n) is 2.76. The zero-order valence-corrected chi connectivity index (χ0v) is 20.4. The number of carbonyl (C=O) groups is 4. The summed E-state index contributed by atoms with van der Waals surface area (Å²) in [6, 6.07) is 8.43. The van der Waals surface area contributed by atoms with E-state index in [9.17, 15) is 19.2 Å². The third kappa shape index (κ3) is 9.45. The van der Waals surface area contributed by atoms with Crippen LogP contribution in [0.5, 0.6) is 0 Å². The summed E-state index contributed by atoms with van der Waals surface area (Å²) in [7, 11) is 1.19. The number of nitrogens with one attached hydrogen (secondary N) is 2. The Morgan fingerprint density at radius 2 is 1.82 bits per heavy atom. The van der Waals surface area contributed by atoms with Gasteiger partial charge in [-0.1, -0.05) is 36.8 Å². The average Bonchev–Trinajstić information content (AvgIpc) is 2.77. The molecule has 180 valence electrons. The molecule has 0 spiro atoms. The second kappa shape index (κ2) is 13.4. The summed E-state index contributed by atoms with van der Waals surface area (Å²) in [5.41, 5.74) is -0.323. The molecule has 2 N–H and O–H groups in total. The third-order valence-electron chi connectivity index (χ3n) is 4.23. The fraction of sp³-hybridized carbons (Fsp3) is 0.478. The highest BCUT2D eigenvalue weighted by atomic mass is 32.2. The van der Waals surface area contributed by atoms with Gasteiger partial charge in [0.15, 0.2) is 0 Å². The van der Waals surface area contributed by atoms with Crippen LogP contribution in [-0.4, -0.2) is 66.1 Å². The van der Waals surface area contributed by atoms with Crippen LogP contribution in [0.2, 0.25) is 0 Å². The molecule has 1 aromatic carbocycles. The number of amides is 3. The van der Waals surface area contributed by atoms with Crippen molar-refractivity contribution in [3.05, 3.63) is 35.9 Å². The summed E-state index contributed by atoms with van der Waals surface area (Å²) in [5, 5.41) is 5.00. The minimum absolute atomic E-state index is 0.267. The maximum absolute atomic E-state index is 13.4. The predicted octanol–water partition coefficient (Wildman–Crippen LogP) is 2.08. The van der Waals surface area contributed by atoms with Crippen molar-refractivity contribution in [1.82, 2.24) is 15.5 Å². The highest BCUT2D eigenvalue weighted by molar-refractivity contribution is 7.98. The van der Waals surface area contributed by atoms with Gasteiger partial charge < -0.3 is 20.1 Å². The van der Waals surface area contributed by atoms with Crippen molar-refractivity contribution in [3.63, 3.8) is 0 Å². The van der Waals surface area contributed by atoms with E-state index in [1.54, 1.807) is 51.1 Å². The molecule has 2 atom stereocenters. The van der Waals surface area contributed by atoms with Crippen molar-refractivity contribution < 1.29 is 28.7 Å². The van der Waals surface area contributed by atoms with Crippen LogP contribution in [0.25, 0.3) is 0 Å². The first-order valence-corrected chi connectivity index (χ1v) is 11.6. The lowest BCUT2D eigenvalue weighted by molar-refractivity contribution is -0.142. The highest BCUT2D eigenvalue weighted by Gasteiger charge is 2.35. The van der Waals surface area contributed by atoms with E-state index in [1.807, 2.05) is 6.26 Å². The molecule has 0 saturated heterocycles. The van der Waals surface area contributed by atoms with Gasteiger partial charge >= 0.3 is 12.1 Å². The molecule has 1 rings (SSSR count). The molecule has 0 saturated carbocycles. The van der Waals surface area contributed by atoms with Crippen LogP contribution in [0.1, 0.15) is 38.8 Å². The molecule has 10 heteroatoms. The van der Waals surface area contributed by atoms with Gasteiger partial charge in [-0.2, -0.15) is 11.8 Å². The highest BCUT2D eigenvalue weighted by Crippen LogP contribution is 2.22. The molecule has 1 aromatic rings. The monoisotopic (exact) mass is 477 g/mol. The van der Waals surface area contributed by atoms with E-state index in [4.69, 9.17) is 11.2 Å². The maximum Gasteiger partial charge on any atom is 0.408 e. The Bertz CT molecular complexity index is 863. The van der Waals surface area contributed by atoms with Gasteiger partial charge in [0.1, 0.15) is 24.2 Å².